The van der Waals surface area contributed by atoms with Crippen LogP contribution in [-0.2, 0) is 17.2 Å². The number of hydrogen-bond acceptors (Lipinski definition) is 6. The summed E-state index contributed by atoms with van der Waals surface area (Å²) in [6.45, 7) is 1.78. The maximum Gasteiger partial charge on any atom is 0.358 e. The van der Waals surface area contributed by atoms with E-state index in [4.69, 9.17) is 8.92 Å². The van der Waals surface area contributed by atoms with E-state index in [2.05, 4.69) is 10.3 Å². The zero-order chi connectivity index (χ0) is 16.0. The Labute approximate surface area is 134 Å². The average Bonchev–Trinajstić information content (AvgIpc) is 3.10. The maximum absolute atomic E-state index is 12.2. The zero-order valence-electron chi connectivity index (χ0n) is 12.6. The standard InChI is InChI=1S/C15H17N3O4S/c1-18-8-15(17-9-18)23(19,20)22-10-2-3-11-12-4-5-16-7-14(12)21-13(11)6-10/h2-3,6,8-9,12,14,16H,4-5,7H2,1H3. The number of nitrogens with one attached hydrogen (secondary N) is 1. The van der Waals surface area contributed by atoms with Crippen molar-refractivity contribution < 1.29 is 17.3 Å². The van der Waals surface area contributed by atoms with Gasteiger partial charge in [-0.05, 0) is 19.0 Å². The van der Waals surface area contributed by atoms with E-state index in [-0.39, 0.29) is 16.9 Å². The first-order chi connectivity index (χ1) is 11.0. The van der Waals surface area contributed by atoms with Crippen LogP contribution in [0.2, 0.25) is 0 Å². The van der Waals surface area contributed by atoms with E-state index in [0.29, 0.717) is 11.7 Å². The molecule has 0 bridgehead atoms. The minimum atomic E-state index is -3.94. The normalized spacial score (nSPS) is 23.0. The molecule has 0 aliphatic carbocycles. The van der Waals surface area contributed by atoms with E-state index in [0.717, 1.165) is 25.1 Å². The van der Waals surface area contributed by atoms with Crippen LogP contribution in [0.4, 0.5) is 0 Å². The molecule has 3 heterocycles. The molecule has 2 aromatic rings. The second-order valence-corrected chi connectivity index (χ2v) is 7.36. The number of piperidine rings is 1. The Hall–Kier alpha value is -2.06. The predicted molar refractivity (Wildman–Crippen MR) is 82.1 cm³/mol. The molecule has 1 saturated heterocycles. The summed E-state index contributed by atoms with van der Waals surface area (Å²) in [6, 6.07) is 5.22. The van der Waals surface area contributed by atoms with Crippen molar-refractivity contribution in [1.29, 1.82) is 0 Å². The fourth-order valence-electron chi connectivity index (χ4n) is 3.13. The van der Waals surface area contributed by atoms with Gasteiger partial charge in [0.1, 0.15) is 17.6 Å². The van der Waals surface area contributed by atoms with Crippen LogP contribution in [-0.4, -0.2) is 37.2 Å². The number of nitrogens with zero attached hydrogens (tertiary/aromatic N) is 2. The third-order valence-corrected chi connectivity index (χ3v) is 5.37. The SMILES string of the molecule is Cn1cnc(S(=O)(=O)Oc2ccc3c(c2)OC2CNCCC32)c1. The van der Waals surface area contributed by atoms with Crippen molar-refractivity contribution in [3.63, 3.8) is 0 Å². The van der Waals surface area contributed by atoms with Crippen LogP contribution in [0.1, 0.15) is 17.9 Å². The second-order valence-electron chi connectivity index (χ2n) is 5.87. The van der Waals surface area contributed by atoms with E-state index in [1.807, 2.05) is 6.07 Å². The monoisotopic (exact) mass is 335 g/mol. The molecule has 2 unspecified atom stereocenters. The van der Waals surface area contributed by atoms with Crippen molar-refractivity contribution in [2.75, 3.05) is 13.1 Å². The third kappa shape index (κ3) is 2.57. The molecular formula is C15H17N3O4S. The summed E-state index contributed by atoms with van der Waals surface area (Å²) in [4.78, 5) is 3.83. The van der Waals surface area contributed by atoms with Crippen molar-refractivity contribution >= 4 is 10.1 Å². The van der Waals surface area contributed by atoms with Crippen LogP contribution in [0.25, 0.3) is 0 Å². The summed E-state index contributed by atoms with van der Waals surface area (Å²) >= 11 is 0. The molecule has 1 fully saturated rings. The van der Waals surface area contributed by atoms with Crippen molar-refractivity contribution in [3.8, 4) is 11.5 Å². The molecule has 1 aromatic heterocycles. The summed E-state index contributed by atoms with van der Waals surface area (Å²) < 4.78 is 37.1. The molecule has 0 spiro atoms. The Morgan fingerprint density at radius 1 is 1.43 bits per heavy atom. The van der Waals surface area contributed by atoms with E-state index >= 15 is 0 Å². The van der Waals surface area contributed by atoms with E-state index in [9.17, 15) is 8.42 Å². The number of aryl methyl sites for hydroxylation is 1. The number of hydrogen-bond donors (Lipinski definition) is 1. The molecule has 4 rings (SSSR count). The molecule has 2 aliphatic heterocycles. The first-order valence-corrected chi connectivity index (χ1v) is 8.87. The summed E-state index contributed by atoms with van der Waals surface area (Å²) in [5, 5.41) is 3.19. The minimum Gasteiger partial charge on any atom is -0.488 e. The molecule has 2 aliphatic rings. The molecule has 0 saturated carbocycles. The van der Waals surface area contributed by atoms with Gasteiger partial charge in [-0.2, -0.15) is 8.42 Å². The lowest BCUT2D eigenvalue weighted by Crippen LogP contribution is -2.39. The fraction of sp³-hybridized carbons (Fsp3) is 0.400. The lowest BCUT2D eigenvalue weighted by atomic mass is 9.90. The first kappa shape index (κ1) is 14.5. The summed E-state index contributed by atoms with van der Waals surface area (Å²) in [5.41, 5.74) is 1.12. The van der Waals surface area contributed by atoms with Crippen molar-refractivity contribution in [3.05, 3.63) is 36.3 Å². The van der Waals surface area contributed by atoms with Crippen molar-refractivity contribution in [1.82, 2.24) is 14.9 Å². The molecule has 2 atom stereocenters. The second kappa shape index (κ2) is 5.24. The zero-order valence-corrected chi connectivity index (χ0v) is 13.4. The predicted octanol–water partition coefficient (Wildman–Crippen LogP) is 1.03. The number of benzene rings is 1. The van der Waals surface area contributed by atoms with Gasteiger partial charge in [0.25, 0.3) is 0 Å². The van der Waals surface area contributed by atoms with Crippen molar-refractivity contribution in [2.45, 2.75) is 23.5 Å². The molecule has 0 radical (unpaired) electrons. The van der Waals surface area contributed by atoms with Crippen LogP contribution in [0.3, 0.4) is 0 Å². The van der Waals surface area contributed by atoms with Gasteiger partial charge in [-0.3, -0.25) is 0 Å². The Kier molecular flexibility index (Phi) is 3.31. The van der Waals surface area contributed by atoms with E-state index in [1.54, 1.807) is 23.7 Å². The Morgan fingerprint density at radius 2 is 2.30 bits per heavy atom. The van der Waals surface area contributed by atoms with Gasteiger partial charge in [0.05, 0.1) is 6.33 Å². The average molecular weight is 335 g/mol. The smallest absolute Gasteiger partial charge is 0.358 e. The molecular weight excluding hydrogens is 318 g/mol. The molecule has 122 valence electrons. The summed E-state index contributed by atoms with van der Waals surface area (Å²) in [5.74, 6) is 1.31. The molecule has 1 aromatic carbocycles. The summed E-state index contributed by atoms with van der Waals surface area (Å²) in [7, 11) is -2.24. The Balaban J connectivity index is 1.60. The van der Waals surface area contributed by atoms with Crippen LogP contribution in [0.5, 0.6) is 11.5 Å². The van der Waals surface area contributed by atoms with Gasteiger partial charge in [0.15, 0.2) is 0 Å². The molecule has 7 nitrogen and oxygen atoms in total. The number of imidazole rings is 1. The largest absolute Gasteiger partial charge is 0.488 e. The van der Waals surface area contributed by atoms with Gasteiger partial charge >= 0.3 is 10.1 Å². The fourth-order valence-corrected chi connectivity index (χ4v) is 4.05. The molecule has 8 heteroatoms. The van der Waals surface area contributed by atoms with Gasteiger partial charge in [0.2, 0.25) is 5.03 Å². The van der Waals surface area contributed by atoms with Crippen LogP contribution in [0.15, 0.2) is 35.7 Å². The topological polar surface area (TPSA) is 82.5 Å². The highest BCUT2D eigenvalue weighted by molar-refractivity contribution is 7.87. The summed E-state index contributed by atoms with van der Waals surface area (Å²) in [6.07, 6.45) is 3.95. The highest BCUT2D eigenvalue weighted by Crippen LogP contribution is 2.43. The number of ether oxygens (including phenoxy) is 1. The third-order valence-electron chi connectivity index (χ3n) is 4.23. The van der Waals surface area contributed by atoms with Gasteiger partial charge in [-0.1, -0.05) is 6.07 Å². The number of aromatic nitrogens is 2. The Morgan fingerprint density at radius 3 is 3.09 bits per heavy atom. The first-order valence-electron chi connectivity index (χ1n) is 7.47. The maximum atomic E-state index is 12.2. The van der Waals surface area contributed by atoms with Crippen LogP contribution in [0, 0.1) is 0 Å². The highest BCUT2D eigenvalue weighted by Gasteiger charge is 2.36. The molecule has 0 amide bonds. The van der Waals surface area contributed by atoms with Gasteiger partial charge in [-0.25, -0.2) is 4.98 Å². The van der Waals surface area contributed by atoms with Crippen LogP contribution < -0.4 is 14.2 Å². The van der Waals surface area contributed by atoms with Gasteiger partial charge in [0, 0.05) is 37.3 Å². The minimum absolute atomic E-state index is 0.112. The lowest BCUT2D eigenvalue weighted by Gasteiger charge is -2.24. The van der Waals surface area contributed by atoms with Gasteiger partial charge < -0.3 is 18.8 Å². The number of fused-ring (bicyclic) bond motifs is 3. The quantitative estimate of drug-likeness (QED) is 0.844. The molecule has 23 heavy (non-hydrogen) atoms. The van der Waals surface area contributed by atoms with Gasteiger partial charge in [-0.15, -0.1) is 0 Å². The van der Waals surface area contributed by atoms with Crippen LogP contribution >= 0.6 is 0 Å². The number of rotatable bonds is 3. The Bertz CT molecular complexity index is 846. The van der Waals surface area contributed by atoms with Crippen molar-refractivity contribution in [2.24, 2.45) is 7.05 Å². The van der Waals surface area contributed by atoms with E-state index < -0.39 is 10.1 Å². The lowest BCUT2D eigenvalue weighted by molar-refractivity contribution is 0.176. The molecule has 1 N–H and O–H groups in total. The highest BCUT2D eigenvalue weighted by atomic mass is 32.2. The van der Waals surface area contributed by atoms with E-state index in [1.165, 1.54) is 12.5 Å².